The average molecular weight is 180 g/mol. The first kappa shape index (κ1) is 11.2. The lowest BCUT2D eigenvalue weighted by Crippen LogP contribution is -2.45. The van der Waals surface area contributed by atoms with Gasteiger partial charge in [-0.25, -0.2) is 0 Å². The van der Waals surface area contributed by atoms with Crippen LogP contribution in [0, 0.1) is 0 Å². The highest BCUT2D eigenvalue weighted by Gasteiger charge is 2.36. The summed E-state index contributed by atoms with van der Waals surface area (Å²) in [6.45, 7) is 7.00. The molecule has 0 aliphatic rings. The van der Waals surface area contributed by atoms with E-state index in [1.54, 1.807) is 27.7 Å². The zero-order valence-electron chi connectivity index (χ0n) is 7.67. The van der Waals surface area contributed by atoms with E-state index in [1.165, 1.54) is 7.11 Å². The maximum Gasteiger partial charge on any atom is 0.158 e. The SMILES string of the molecule is COSOC(C)(C)C(C)(C)O. The minimum atomic E-state index is -0.876. The Hall–Kier alpha value is 0.230. The topological polar surface area (TPSA) is 38.7 Å². The van der Waals surface area contributed by atoms with E-state index in [-0.39, 0.29) is 0 Å². The van der Waals surface area contributed by atoms with Gasteiger partial charge in [0.1, 0.15) is 5.60 Å². The van der Waals surface area contributed by atoms with E-state index in [9.17, 15) is 5.11 Å². The first-order valence-electron chi connectivity index (χ1n) is 3.42. The predicted molar refractivity (Wildman–Crippen MR) is 46.1 cm³/mol. The van der Waals surface area contributed by atoms with Gasteiger partial charge in [0.2, 0.25) is 0 Å². The molecule has 3 nitrogen and oxygen atoms in total. The first-order valence-corrected chi connectivity index (χ1v) is 4.09. The Morgan fingerprint density at radius 1 is 1.18 bits per heavy atom. The highest BCUT2D eigenvalue weighted by atomic mass is 32.2. The molecule has 0 unspecified atom stereocenters. The Morgan fingerprint density at radius 3 is 1.91 bits per heavy atom. The zero-order chi connectivity index (χ0) is 9.12. The molecule has 11 heavy (non-hydrogen) atoms. The van der Waals surface area contributed by atoms with Gasteiger partial charge in [-0.05, 0) is 27.7 Å². The molecule has 68 valence electrons. The summed E-state index contributed by atoms with van der Waals surface area (Å²) in [4.78, 5) is 0. The largest absolute Gasteiger partial charge is 0.387 e. The fourth-order valence-corrected chi connectivity index (χ4v) is 0.663. The van der Waals surface area contributed by atoms with Crippen LogP contribution in [0.1, 0.15) is 27.7 Å². The van der Waals surface area contributed by atoms with E-state index in [0.717, 1.165) is 12.3 Å². The van der Waals surface area contributed by atoms with Gasteiger partial charge in [0.05, 0.1) is 12.7 Å². The van der Waals surface area contributed by atoms with Gasteiger partial charge in [-0.15, -0.1) is 0 Å². The van der Waals surface area contributed by atoms with Crippen LogP contribution in [0.15, 0.2) is 0 Å². The summed E-state index contributed by atoms with van der Waals surface area (Å²) in [6, 6.07) is 0. The van der Waals surface area contributed by atoms with Crippen molar-refractivity contribution in [3.05, 3.63) is 0 Å². The summed E-state index contributed by atoms with van der Waals surface area (Å²) in [5.74, 6) is 0. The van der Waals surface area contributed by atoms with Gasteiger partial charge >= 0.3 is 0 Å². The lowest BCUT2D eigenvalue weighted by atomic mass is 9.90. The van der Waals surface area contributed by atoms with Gasteiger partial charge < -0.3 is 5.11 Å². The third-order valence-electron chi connectivity index (χ3n) is 1.78. The molecule has 1 N–H and O–H groups in total. The molecule has 0 aromatic rings. The van der Waals surface area contributed by atoms with Crippen molar-refractivity contribution in [2.75, 3.05) is 7.11 Å². The highest BCUT2D eigenvalue weighted by Crippen LogP contribution is 2.29. The molecule has 0 heterocycles. The molecule has 0 bridgehead atoms. The standard InChI is InChI=1S/C7H16O3S/c1-6(2,8)7(3,4)10-11-9-5/h8H,1-5H3. The average Bonchev–Trinajstić information content (AvgIpc) is 1.81. The molecule has 0 aliphatic carbocycles. The Labute approximate surface area is 72.5 Å². The van der Waals surface area contributed by atoms with Gasteiger partial charge in [-0.1, -0.05) is 0 Å². The number of aliphatic hydroxyl groups is 1. The van der Waals surface area contributed by atoms with Crippen molar-refractivity contribution in [1.29, 1.82) is 0 Å². The van der Waals surface area contributed by atoms with Crippen LogP contribution in [-0.4, -0.2) is 23.4 Å². The molecule has 0 saturated heterocycles. The van der Waals surface area contributed by atoms with Crippen LogP contribution in [0.5, 0.6) is 0 Å². The number of hydrogen-bond acceptors (Lipinski definition) is 4. The summed E-state index contributed by atoms with van der Waals surface area (Å²) in [6.07, 6.45) is 0. The summed E-state index contributed by atoms with van der Waals surface area (Å²) in [7, 11) is 1.52. The maximum atomic E-state index is 9.58. The quantitative estimate of drug-likeness (QED) is 0.669. The molecule has 4 heteroatoms. The van der Waals surface area contributed by atoms with Crippen molar-refractivity contribution < 1.29 is 13.5 Å². The molecule has 0 aliphatic heterocycles. The predicted octanol–water partition coefficient (Wildman–Crippen LogP) is 1.76. The van der Waals surface area contributed by atoms with Gasteiger partial charge in [0.25, 0.3) is 0 Å². The number of rotatable bonds is 4. The van der Waals surface area contributed by atoms with Crippen molar-refractivity contribution in [1.82, 2.24) is 0 Å². The molecular weight excluding hydrogens is 164 g/mol. The van der Waals surface area contributed by atoms with Crippen molar-refractivity contribution in [2.45, 2.75) is 38.9 Å². The fraction of sp³-hybridized carbons (Fsp3) is 1.00. The molecular formula is C7H16O3S. The third-order valence-corrected chi connectivity index (χ3v) is 2.40. The lowest BCUT2D eigenvalue weighted by molar-refractivity contribution is -0.0845. The Morgan fingerprint density at radius 2 is 1.64 bits per heavy atom. The molecule has 0 aromatic heterocycles. The summed E-state index contributed by atoms with van der Waals surface area (Å²) >= 11 is 0.882. The second kappa shape index (κ2) is 3.76. The minimum absolute atomic E-state index is 0.617. The van der Waals surface area contributed by atoms with E-state index >= 15 is 0 Å². The van der Waals surface area contributed by atoms with Crippen LogP contribution in [0.3, 0.4) is 0 Å². The van der Waals surface area contributed by atoms with Crippen LogP contribution in [-0.2, 0) is 8.37 Å². The summed E-state index contributed by atoms with van der Waals surface area (Å²) in [5.41, 5.74) is -1.49. The van der Waals surface area contributed by atoms with Crippen molar-refractivity contribution in [3.63, 3.8) is 0 Å². The molecule has 0 rings (SSSR count). The Kier molecular flexibility index (Phi) is 3.84. The Balaban J connectivity index is 4.00. The number of hydrogen-bond donors (Lipinski definition) is 1. The molecule has 0 atom stereocenters. The van der Waals surface area contributed by atoms with Crippen molar-refractivity contribution >= 4 is 12.3 Å². The van der Waals surface area contributed by atoms with Crippen LogP contribution in [0.4, 0.5) is 0 Å². The summed E-state index contributed by atoms with van der Waals surface area (Å²) in [5, 5.41) is 9.58. The lowest BCUT2D eigenvalue weighted by Gasteiger charge is -2.35. The fourth-order valence-electron chi connectivity index (χ4n) is 0.221. The summed E-state index contributed by atoms with van der Waals surface area (Å²) < 4.78 is 9.84. The normalized spacial score (nSPS) is 13.6. The van der Waals surface area contributed by atoms with E-state index in [0.29, 0.717) is 0 Å². The molecule has 0 fully saturated rings. The van der Waals surface area contributed by atoms with E-state index in [2.05, 4.69) is 4.18 Å². The van der Waals surface area contributed by atoms with Crippen LogP contribution < -0.4 is 0 Å². The van der Waals surface area contributed by atoms with Gasteiger partial charge in [-0.3, -0.25) is 8.37 Å². The van der Waals surface area contributed by atoms with E-state index < -0.39 is 11.2 Å². The molecule has 0 saturated carbocycles. The van der Waals surface area contributed by atoms with Gasteiger partial charge in [0.15, 0.2) is 12.3 Å². The monoisotopic (exact) mass is 180 g/mol. The minimum Gasteiger partial charge on any atom is -0.387 e. The molecule has 0 amide bonds. The van der Waals surface area contributed by atoms with Crippen LogP contribution in [0.2, 0.25) is 0 Å². The third kappa shape index (κ3) is 3.42. The smallest absolute Gasteiger partial charge is 0.158 e. The van der Waals surface area contributed by atoms with Crippen molar-refractivity contribution in [3.8, 4) is 0 Å². The van der Waals surface area contributed by atoms with E-state index in [4.69, 9.17) is 4.18 Å². The van der Waals surface area contributed by atoms with Gasteiger partial charge in [-0.2, -0.15) is 0 Å². The van der Waals surface area contributed by atoms with Crippen LogP contribution in [0.25, 0.3) is 0 Å². The zero-order valence-corrected chi connectivity index (χ0v) is 8.49. The highest BCUT2D eigenvalue weighted by molar-refractivity contribution is 7.89. The van der Waals surface area contributed by atoms with Crippen LogP contribution >= 0.6 is 12.3 Å². The maximum absolute atomic E-state index is 9.58. The first-order chi connectivity index (χ1) is 4.81. The van der Waals surface area contributed by atoms with Gasteiger partial charge in [0, 0.05) is 0 Å². The Bertz CT molecular complexity index is 117. The molecule has 0 spiro atoms. The second-order valence-electron chi connectivity index (χ2n) is 3.39. The van der Waals surface area contributed by atoms with Crippen molar-refractivity contribution in [2.24, 2.45) is 0 Å². The van der Waals surface area contributed by atoms with E-state index in [1.807, 2.05) is 0 Å². The molecule has 0 radical (unpaired) electrons. The molecule has 0 aromatic carbocycles. The second-order valence-corrected chi connectivity index (χ2v) is 4.02.